The maximum absolute atomic E-state index is 10.2. The van der Waals surface area contributed by atoms with Gasteiger partial charge in [-0.15, -0.1) is 0 Å². The summed E-state index contributed by atoms with van der Waals surface area (Å²) in [5.74, 6) is 1.93. The van der Waals surface area contributed by atoms with Crippen molar-refractivity contribution in [2.75, 3.05) is 18.1 Å². The molecule has 1 saturated heterocycles. The summed E-state index contributed by atoms with van der Waals surface area (Å²) in [5, 5.41) is 14.6. The first-order chi connectivity index (χ1) is 8.20. The second-order valence-electron chi connectivity index (χ2n) is 4.35. The van der Waals surface area contributed by atoms with Crippen molar-refractivity contribution >= 4 is 11.8 Å². The molecule has 0 radical (unpaired) electrons. The Labute approximate surface area is 106 Å². The van der Waals surface area contributed by atoms with Crippen LogP contribution < -0.4 is 0 Å². The van der Waals surface area contributed by atoms with E-state index in [4.69, 9.17) is 4.74 Å². The zero-order valence-corrected chi connectivity index (χ0v) is 11.2. The molecule has 4 nitrogen and oxygen atoms in total. The van der Waals surface area contributed by atoms with E-state index in [9.17, 15) is 5.11 Å². The van der Waals surface area contributed by atoms with Crippen LogP contribution in [0.5, 0.6) is 0 Å². The third-order valence-electron chi connectivity index (χ3n) is 2.97. The first-order valence-electron chi connectivity index (χ1n) is 6.11. The molecule has 5 heteroatoms. The van der Waals surface area contributed by atoms with Gasteiger partial charge in [0.15, 0.2) is 0 Å². The lowest BCUT2D eigenvalue weighted by Crippen LogP contribution is -2.36. The standard InChI is InChI=1S/C12H20N2O2S/c1-3-14-10(6-9(2)13-14)7-11(15)12-8-17-5-4-16-12/h6,11-12,15H,3-5,7-8H2,1-2H3. The average Bonchev–Trinajstić information content (AvgIpc) is 2.70. The van der Waals surface area contributed by atoms with E-state index in [1.54, 1.807) is 0 Å². The van der Waals surface area contributed by atoms with E-state index >= 15 is 0 Å². The second-order valence-corrected chi connectivity index (χ2v) is 5.50. The molecule has 1 aromatic heterocycles. The van der Waals surface area contributed by atoms with Crippen LogP contribution in [0.15, 0.2) is 6.07 Å². The molecule has 0 aromatic carbocycles. The molecule has 2 rings (SSSR count). The topological polar surface area (TPSA) is 47.3 Å². The lowest BCUT2D eigenvalue weighted by Gasteiger charge is -2.26. The van der Waals surface area contributed by atoms with Gasteiger partial charge in [0.25, 0.3) is 0 Å². The number of aliphatic hydroxyl groups excluding tert-OH is 1. The number of aliphatic hydroxyl groups is 1. The Bertz CT molecular complexity index is 361. The van der Waals surface area contributed by atoms with Crippen molar-refractivity contribution in [3.63, 3.8) is 0 Å². The molecule has 1 aromatic rings. The highest BCUT2D eigenvalue weighted by atomic mass is 32.2. The van der Waals surface area contributed by atoms with E-state index < -0.39 is 6.10 Å². The van der Waals surface area contributed by atoms with Gasteiger partial charge in [0.1, 0.15) is 0 Å². The first kappa shape index (κ1) is 12.9. The van der Waals surface area contributed by atoms with Crippen LogP contribution in [0.3, 0.4) is 0 Å². The molecule has 0 saturated carbocycles. The van der Waals surface area contributed by atoms with Crippen molar-refractivity contribution in [2.24, 2.45) is 0 Å². The fraction of sp³-hybridized carbons (Fsp3) is 0.750. The Morgan fingerprint density at radius 1 is 1.71 bits per heavy atom. The van der Waals surface area contributed by atoms with Gasteiger partial charge in [0, 0.05) is 30.2 Å². The summed E-state index contributed by atoms with van der Waals surface area (Å²) in [6, 6.07) is 2.04. The molecule has 96 valence electrons. The van der Waals surface area contributed by atoms with Crippen LogP contribution in [-0.2, 0) is 17.7 Å². The van der Waals surface area contributed by atoms with Gasteiger partial charge in [-0.05, 0) is 19.9 Å². The van der Waals surface area contributed by atoms with Crippen LogP contribution >= 0.6 is 11.8 Å². The lowest BCUT2D eigenvalue weighted by atomic mass is 10.1. The highest BCUT2D eigenvalue weighted by Crippen LogP contribution is 2.18. The molecule has 2 unspecified atom stereocenters. The number of hydrogen-bond acceptors (Lipinski definition) is 4. The van der Waals surface area contributed by atoms with Crippen molar-refractivity contribution in [1.82, 2.24) is 9.78 Å². The minimum absolute atomic E-state index is 0.0331. The summed E-state index contributed by atoms with van der Waals surface area (Å²) in [7, 11) is 0. The minimum atomic E-state index is -0.427. The quantitative estimate of drug-likeness (QED) is 0.880. The van der Waals surface area contributed by atoms with Crippen LogP contribution in [0.4, 0.5) is 0 Å². The molecular formula is C12H20N2O2S. The first-order valence-corrected chi connectivity index (χ1v) is 7.27. The van der Waals surface area contributed by atoms with Crippen LogP contribution in [0.2, 0.25) is 0 Å². The van der Waals surface area contributed by atoms with Crippen LogP contribution in [0.25, 0.3) is 0 Å². The van der Waals surface area contributed by atoms with Crippen molar-refractivity contribution < 1.29 is 9.84 Å². The summed E-state index contributed by atoms with van der Waals surface area (Å²) < 4.78 is 7.54. The molecule has 1 fully saturated rings. The van der Waals surface area contributed by atoms with Gasteiger partial charge in [0.2, 0.25) is 0 Å². The molecule has 0 spiro atoms. The van der Waals surface area contributed by atoms with Gasteiger partial charge in [-0.2, -0.15) is 16.9 Å². The van der Waals surface area contributed by atoms with Crippen LogP contribution in [0.1, 0.15) is 18.3 Å². The molecule has 0 aliphatic carbocycles. The zero-order chi connectivity index (χ0) is 12.3. The summed E-state index contributed by atoms with van der Waals surface area (Å²) in [5.41, 5.74) is 2.10. The fourth-order valence-electron chi connectivity index (χ4n) is 2.11. The smallest absolute Gasteiger partial charge is 0.0928 e. The average molecular weight is 256 g/mol. The molecule has 1 aliphatic rings. The maximum Gasteiger partial charge on any atom is 0.0928 e. The van der Waals surface area contributed by atoms with Crippen molar-refractivity contribution in [1.29, 1.82) is 0 Å². The summed E-state index contributed by atoms with van der Waals surface area (Å²) >= 11 is 1.85. The Morgan fingerprint density at radius 3 is 3.18 bits per heavy atom. The van der Waals surface area contributed by atoms with Crippen molar-refractivity contribution in [2.45, 2.75) is 39.0 Å². The molecule has 0 bridgehead atoms. The van der Waals surface area contributed by atoms with E-state index in [2.05, 4.69) is 12.0 Å². The van der Waals surface area contributed by atoms with Gasteiger partial charge in [-0.3, -0.25) is 4.68 Å². The van der Waals surface area contributed by atoms with Crippen molar-refractivity contribution in [3.8, 4) is 0 Å². The van der Waals surface area contributed by atoms with E-state index in [1.807, 2.05) is 29.4 Å². The number of aromatic nitrogens is 2. The molecule has 2 atom stereocenters. The molecule has 17 heavy (non-hydrogen) atoms. The van der Waals surface area contributed by atoms with Gasteiger partial charge in [-0.1, -0.05) is 0 Å². The SMILES string of the molecule is CCn1nc(C)cc1CC(O)C1CSCCO1. The van der Waals surface area contributed by atoms with Gasteiger partial charge in [0.05, 0.1) is 24.5 Å². The molecule has 1 aliphatic heterocycles. The largest absolute Gasteiger partial charge is 0.390 e. The van der Waals surface area contributed by atoms with E-state index in [1.165, 1.54) is 0 Å². The number of nitrogens with zero attached hydrogens (tertiary/aromatic N) is 2. The highest BCUT2D eigenvalue weighted by molar-refractivity contribution is 7.99. The second kappa shape index (κ2) is 5.89. The van der Waals surface area contributed by atoms with Crippen molar-refractivity contribution in [3.05, 3.63) is 17.5 Å². The molecule has 0 amide bonds. The number of thioether (sulfide) groups is 1. The van der Waals surface area contributed by atoms with E-state index in [0.29, 0.717) is 6.42 Å². The number of rotatable bonds is 4. The Hall–Kier alpha value is -0.520. The number of aryl methyl sites for hydroxylation is 2. The third kappa shape index (κ3) is 3.24. The Balaban J connectivity index is 1.98. The van der Waals surface area contributed by atoms with Gasteiger partial charge in [-0.25, -0.2) is 0 Å². The molecule has 1 N–H and O–H groups in total. The Kier molecular flexibility index (Phi) is 4.48. The normalized spacial score (nSPS) is 22.6. The van der Waals surface area contributed by atoms with Crippen LogP contribution in [0, 0.1) is 6.92 Å². The summed E-state index contributed by atoms with van der Waals surface area (Å²) in [6.45, 7) is 5.64. The van der Waals surface area contributed by atoms with Gasteiger partial charge >= 0.3 is 0 Å². The number of ether oxygens (including phenoxy) is 1. The molecule has 2 heterocycles. The monoisotopic (exact) mass is 256 g/mol. The molecular weight excluding hydrogens is 236 g/mol. The Morgan fingerprint density at radius 2 is 2.53 bits per heavy atom. The summed E-state index contributed by atoms with van der Waals surface area (Å²) in [4.78, 5) is 0. The number of hydrogen-bond donors (Lipinski definition) is 1. The van der Waals surface area contributed by atoms with E-state index in [0.717, 1.165) is 36.0 Å². The van der Waals surface area contributed by atoms with Crippen LogP contribution in [-0.4, -0.2) is 45.2 Å². The third-order valence-corrected chi connectivity index (χ3v) is 3.99. The minimum Gasteiger partial charge on any atom is -0.390 e. The highest BCUT2D eigenvalue weighted by Gasteiger charge is 2.24. The summed E-state index contributed by atoms with van der Waals surface area (Å²) in [6.07, 6.45) is 0.165. The maximum atomic E-state index is 10.2. The lowest BCUT2D eigenvalue weighted by molar-refractivity contribution is -0.0215. The zero-order valence-electron chi connectivity index (χ0n) is 10.4. The van der Waals surface area contributed by atoms with Gasteiger partial charge < -0.3 is 9.84 Å². The predicted octanol–water partition coefficient (Wildman–Crippen LogP) is 1.25. The van der Waals surface area contributed by atoms with E-state index in [-0.39, 0.29) is 6.10 Å². The predicted molar refractivity (Wildman–Crippen MR) is 69.4 cm³/mol. The fourth-order valence-corrected chi connectivity index (χ4v) is 3.04.